The summed E-state index contributed by atoms with van der Waals surface area (Å²) in [4.78, 5) is 12.9. The first-order valence-corrected chi connectivity index (χ1v) is 9.99. The summed E-state index contributed by atoms with van der Waals surface area (Å²) in [6.07, 6.45) is 13.3. The van der Waals surface area contributed by atoms with Crippen molar-refractivity contribution >= 4 is 5.97 Å². The Morgan fingerprint density at radius 3 is 2.00 bits per heavy atom. The Labute approximate surface area is 143 Å². The van der Waals surface area contributed by atoms with Gasteiger partial charge in [-0.15, -0.1) is 0 Å². The minimum atomic E-state index is -0.368. The Bertz CT molecular complexity index is 396. The molecule has 0 heterocycles. The molecule has 0 radical (unpaired) electrons. The van der Waals surface area contributed by atoms with Crippen LogP contribution in [0.5, 0.6) is 0 Å². The number of hydrogen-bond donors (Lipinski definition) is 0. The molecule has 0 aromatic rings. The zero-order valence-corrected chi connectivity index (χ0v) is 16.2. The second-order valence-corrected chi connectivity index (χ2v) is 9.24. The van der Waals surface area contributed by atoms with Crippen LogP contribution in [0.2, 0.25) is 0 Å². The average Bonchev–Trinajstić information content (AvgIpc) is 2.56. The van der Waals surface area contributed by atoms with Crippen LogP contribution in [-0.2, 0) is 9.53 Å². The van der Waals surface area contributed by atoms with Gasteiger partial charge in [-0.2, -0.15) is 0 Å². The van der Waals surface area contributed by atoms with E-state index in [0.29, 0.717) is 5.92 Å². The number of hydrogen-bond acceptors (Lipinski definition) is 2. The van der Waals surface area contributed by atoms with E-state index in [2.05, 4.69) is 20.8 Å². The van der Waals surface area contributed by atoms with E-state index < -0.39 is 0 Å². The van der Waals surface area contributed by atoms with Gasteiger partial charge in [-0.25, -0.2) is 0 Å². The van der Waals surface area contributed by atoms with Gasteiger partial charge in [0.25, 0.3) is 0 Å². The maximum atomic E-state index is 12.9. The van der Waals surface area contributed by atoms with E-state index >= 15 is 0 Å². The van der Waals surface area contributed by atoms with Crippen LogP contribution in [0, 0.1) is 16.7 Å². The minimum Gasteiger partial charge on any atom is -0.458 e. The first-order valence-electron chi connectivity index (χ1n) is 9.99. The Hall–Kier alpha value is -0.530. The third-order valence-corrected chi connectivity index (χ3v) is 7.19. The molecule has 0 aromatic heterocycles. The summed E-state index contributed by atoms with van der Waals surface area (Å²) in [5.41, 5.74) is -0.517. The molecule has 2 fully saturated rings. The quantitative estimate of drug-likeness (QED) is 0.557. The fourth-order valence-electron chi connectivity index (χ4n) is 4.66. The summed E-state index contributed by atoms with van der Waals surface area (Å²) >= 11 is 0. The number of carbonyl (C=O) groups excluding carboxylic acids is 1. The summed E-state index contributed by atoms with van der Waals surface area (Å²) in [6, 6.07) is 0. The molecule has 0 saturated heterocycles. The van der Waals surface area contributed by atoms with Crippen molar-refractivity contribution in [3.63, 3.8) is 0 Å². The molecule has 2 aliphatic rings. The topological polar surface area (TPSA) is 26.3 Å². The van der Waals surface area contributed by atoms with Gasteiger partial charge >= 0.3 is 5.97 Å². The zero-order valence-electron chi connectivity index (χ0n) is 16.2. The van der Waals surface area contributed by atoms with Crippen molar-refractivity contribution in [2.24, 2.45) is 16.7 Å². The number of carbonyl (C=O) groups is 1. The van der Waals surface area contributed by atoms with Crippen LogP contribution in [-0.4, -0.2) is 11.6 Å². The summed E-state index contributed by atoms with van der Waals surface area (Å²) < 4.78 is 6.41. The smallest absolute Gasteiger partial charge is 0.312 e. The van der Waals surface area contributed by atoms with Gasteiger partial charge in [0.15, 0.2) is 0 Å². The number of ether oxygens (including phenoxy) is 1. The van der Waals surface area contributed by atoms with Gasteiger partial charge in [-0.3, -0.25) is 4.79 Å². The number of esters is 1. The molecule has 0 unspecified atom stereocenters. The van der Waals surface area contributed by atoms with Crippen molar-refractivity contribution in [2.75, 3.05) is 0 Å². The third-order valence-electron chi connectivity index (χ3n) is 7.19. The summed E-state index contributed by atoms with van der Waals surface area (Å²) in [6.45, 7) is 10.9. The molecule has 0 atom stereocenters. The molecule has 0 spiro atoms. The highest BCUT2D eigenvalue weighted by Crippen LogP contribution is 2.53. The van der Waals surface area contributed by atoms with E-state index in [1.165, 1.54) is 51.4 Å². The third kappa shape index (κ3) is 3.77. The Morgan fingerprint density at radius 1 is 0.957 bits per heavy atom. The normalized spacial score (nSPS) is 23.5. The first kappa shape index (κ1) is 18.8. The zero-order chi connectivity index (χ0) is 17.1. The van der Waals surface area contributed by atoms with Crippen LogP contribution in [0.1, 0.15) is 105 Å². The molecular formula is C21H38O2. The van der Waals surface area contributed by atoms with Gasteiger partial charge in [0, 0.05) is 5.41 Å². The number of rotatable bonds is 5. The van der Waals surface area contributed by atoms with Crippen molar-refractivity contribution in [3.05, 3.63) is 0 Å². The van der Waals surface area contributed by atoms with Crippen LogP contribution in [0.4, 0.5) is 0 Å². The second kappa shape index (κ2) is 7.15. The molecular weight excluding hydrogens is 284 g/mol. The lowest BCUT2D eigenvalue weighted by molar-refractivity contribution is -0.200. The largest absolute Gasteiger partial charge is 0.458 e. The monoisotopic (exact) mass is 322 g/mol. The van der Waals surface area contributed by atoms with E-state index in [9.17, 15) is 4.79 Å². The Morgan fingerprint density at radius 2 is 1.48 bits per heavy atom. The summed E-state index contributed by atoms with van der Waals surface area (Å²) in [5, 5.41) is 0. The van der Waals surface area contributed by atoms with Gasteiger partial charge < -0.3 is 4.74 Å². The molecule has 2 aliphatic carbocycles. The predicted molar refractivity (Wildman–Crippen MR) is 96.3 cm³/mol. The van der Waals surface area contributed by atoms with E-state index in [1.54, 1.807) is 0 Å². The van der Waals surface area contributed by atoms with Crippen molar-refractivity contribution in [2.45, 2.75) is 111 Å². The second-order valence-electron chi connectivity index (χ2n) is 9.24. The maximum Gasteiger partial charge on any atom is 0.312 e. The molecule has 0 bridgehead atoms. The molecule has 0 N–H and O–H groups in total. The van der Waals surface area contributed by atoms with E-state index in [1.807, 2.05) is 13.8 Å². The summed E-state index contributed by atoms with van der Waals surface area (Å²) in [5.74, 6) is 0.720. The van der Waals surface area contributed by atoms with Crippen LogP contribution in [0.15, 0.2) is 0 Å². The lowest BCUT2D eigenvalue weighted by Gasteiger charge is -2.53. The lowest BCUT2D eigenvalue weighted by atomic mass is 9.58. The molecule has 2 heteroatoms. The highest BCUT2D eigenvalue weighted by molar-refractivity contribution is 5.76. The SMILES string of the molecule is CCC(C)(C)C(=O)OC1(C(C)(C)C2CCCCC2)CCCCC1. The van der Waals surface area contributed by atoms with Gasteiger partial charge in [0.05, 0.1) is 5.41 Å². The fraction of sp³-hybridized carbons (Fsp3) is 0.952. The lowest BCUT2D eigenvalue weighted by Crippen LogP contribution is -2.54. The first-order chi connectivity index (χ1) is 10.8. The Kier molecular flexibility index (Phi) is 5.85. The highest BCUT2D eigenvalue weighted by Gasteiger charge is 2.53. The fourth-order valence-corrected chi connectivity index (χ4v) is 4.66. The van der Waals surface area contributed by atoms with Crippen molar-refractivity contribution in [1.82, 2.24) is 0 Å². The molecule has 2 saturated carbocycles. The molecule has 0 aliphatic heterocycles. The van der Waals surface area contributed by atoms with Crippen LogP contribution >= 0.6 is 0 Å². The van der Waals surface area contributed by atoms with Gasteiger partial charge in [0.1, 0.15) is 5.60 Å². The molecule has 134 valence electrons. The minimum absolute atomic E-state index is 0.0192. The summed E-state index contributed by atoms with van der Waals surface area (Å²) in [7, 11) is 0. The van der Waals surface area contributed by atoms with Crippen LogP contribution in [0.3, 0.4) is 0 Å². The molecule has 2 rings (SSSR count). The molecule has 23 heavy (non-hydrogen) atoms. The molecule has 2 nitrogen and oxygen atoms in total. The van der Waals surface area contributed by atoms with E-state index in [0.717, 1.165) is 19.3 Å². The predicted octanol–water partition coefficient (Wildman–Crippen LogP) is 6.28. The molecule has 0 aromatic carbocycles. The molecule has 0 amide bonds. The van der Waals surface area contributed by atoms with Gasteiger partial charge in [0.2, 0.25) is 0 Å². The van der Waals surface area contributed by atoms with Crippen molar-refractivity contribution in [3.8, 4) is 0 Å². The standard InChI is InChI=1S/C21H38O2/c1-6-19(2,3)18(22)23-21(15-11-8-12-16-21)20(4,5)17-13-9-7-10-14-17/h17H,6-16H2,1-5H3. The average molecular weight is 323 g/mol. The Balaban J connectivity index is 2.25. The maximum absolute atomic E-state index is 12.9. The van der Waals surface area contributed by atoms with Gasteiger partial charge in [-0.1, -0.05) is 46.5 Å². The van der Waals surface area contributed by atoms with Crippen LogP contribution in [0.25, 0.3) is 0 Å². The van der Waals surface area contributed by atoms with E-state index in [4.69, 9.17) is 4.74 Å². The highest BCUT2D eigenvalue weighted by atomic mass is 16.6. The van der Waals surface area contributed by atoms with Crippen molar-refractivity contribution in [1.29, 1.82) is 0 Å². The van der Waals surface area contributed by atoms with E-state index in [-0.39, 0.29) is 22.4 Å². The van der Waals surface area contributed by atoms with Gasteiger partial charge in [-0.05, 0) is 64.7 Å². The van der Waals surface area contributed by atoms with Crippen LogP contribution < -0.4 is 0 Å². The van der Waals surface area contributed by atoms with Crippen molar-refractivity contribution < 1.29 is 9.53 Å².